The van der Waals surface area contributed by atoms with Crippen LogP contribution in [0.3, 0.4) is 0 Å². The maximum absolute atomic E-state index is 14.1. The van der Waals surface area contributed by atoms with Crippen molar-refractivity contribution in [2.75, 3.05) is 18.8 Å². The van der Waals surface area contributed by atoms with Crippen LogP contribution >= 0.6 is 12.6 Å². The van der Waals surface area contributed by atoms with Crippen LogP contribution < -0.4 is 32.3 Å². The van der Waals surface area contributed by atoms with Gasteiger partial charge in [0.2, 0.25) is 17.7 Å². The quantitative estimate of drug-likeness (QED) is 0.0346. The summed E-state index contributed by atoms with van der Waals surface area (Å²) in [5.41, 5.74) is 7.65. The maximum Gasteiger partial charge on any atom is 0.373 e. The van der Waals surface area contributed by atoms with E-state index in [4.69, 9.17) is 20.4 Å². The Morgan fingerprint density at radius 1 is 0.606 bits per heavy atom. The number of nitrogens with two attached hydrogens (primary N) is 1. The van der Waals surface area contributed by atoms with Crippen LogP contribution in [0.4, 0.5) is 4.79 Å². The molecule has 0 aliphatic heterocycles. The minimum absolute atomic E-state index is 0.0297. The zero-order chi connectivity index (χ0) is 53.1. The van der Waals surface area contributed by atoms with Crippen LogP contribution in [0.15, 0.2) is 60.7 Å². The third-order valence-corrected chi connectivity index (χ3v) is 11.6. The molecule has 0 saturated carbocycles. The number of unbranched alkanes of at least 4 members (excludes halogenated alkanes) is 5. The number of urea groups is 1. The SMILES string of the molecule is CC(NC(=O)[C@@H](N)CNC(=O)[C@@H](CC(=O)[C@H](Cc1ccccc1)NC(=O)CCCCCCCCC(=O)CC[C@H](NC(=O)NCCCC(=O)O)C(=O)O)Cc1ccccc1)C(=O)C[C@@H](CS)C(=O)O.O=C=O. The van der Waals surface area contributed by atoms with E-state index in [9.17, 15) is 58.2 Å². The Morgan fingerprint density at radius 3 is 1.70 bits per heavy atom. The molecule has 0 bridgehead atoms. The molecule has 0 aliphatic carbocycles. The monoisotopic (exact) mass is 1010 g/mol. The Hall–Kier alpha value is -6.77. The summed E-state index contributed by atoms with van der Waals surface area (Å²) in [5, 5.41) is 40.1. The molecule has 0 aliphatic rings. The van der Waals surface area contributed by atoms with Crippen LogP contribution in [0.25, 0.3) is 0 Å². The Bertz CT molecular complexity index is 2070. The number of ketones is 3. The molecule has 0 radical (unpaired) electrons. The highest BCUT2D eigenvalue weighted by Crippen LogP contribution is 2.18. The number of hydrogen-bond acceptors (Lipinski definition) is 14. The molecule has 5 amide bonds. The van der Waals surface area contributed by atoms with E-state index in [0.29, 0.717) is 12.8 Å². The lowest BCUT2D eigenvalue weighted by molar-refractivity contribution is -0.192. The van der Waals surface area contributed by atoms with Gasteiger partial charge in [0, 0.05) is 63.3 Å². The van der Waals surface area contributed by atoms with Gasteiger partial charge in [0.1, 0.15) is 17.9 Å². The average molecular weight is 1010 g/mol. The highest BCUT2D eigenvalue weighted by Gasteiger charge is 2.30. The second-order valence-electron chi connectivity index (χ2n) is 16.9. The Labute approximate surface area is 418 Å². The van der Waals surface area contributed by atoms with Gasteiger partial charge in [0.05, 0.1) is 18.0 Å². The first-order valence-corrected chi connectivity index (χ1v) is 24.0. The van der Waals surface area contributed by atoms with Gasteiger partial charge in [-0.05, 0) is 56.6 Å². The zero-order valence-electron chi connectivity index (χ0n) is 39.9. The van der Waals surface area contributed by atoms with Crippen LogP contribution in [-0.4, -0.2) is 123 Å². The van der Waals surface area contributed by atoms with Crippen LogP contribution in [0.5, 0.6) is 0 Å². The number of aliphatic carboxylic acids is 3. The third kappa shape index (κ3) is 28.5. The highest BCUT2D eigenvalue weighted by molar-refractivity contribution is 7.80. The molecule has 0 spiro atoms. The summed E-state index contributed by atoms with van der Waals surface area (Å²) in [6.45, 7) is 1.15. The fourth-order valence-corrected chi connectivity index (χ4v) is 7.34. The average Bonchev–Trinajstić information content (AvgIpc) is 3.33. The fourth-order valence-electron chi connectivity index (χ4n) is 7.05. The summed E-state index contributed by atoms with van der Waals surface area (Å²) in [6, 6.07) is 12.9. The van der Waals surface area contributed by atoms with E-state index in [1.165, 1.54) is 6.92 Å². The van der Waals surface area contributed by atoms with E-state index in [1.807, 2.05) is 48.5 Å². The van der Waals surface area contributed by atoms with E-state index >= 15 is 0 Å². The molecule has 6 atom stereocenters. The first-order valence-electron chi connectivity index (χ1n) is 23.4. The van der Waals surface area contributed by atoms with Crippen molar-refractivity contribution in [2.24, 2.45) is 17.6 Å². The predicted molar refractivity (Wildman–Crippen MR) is 260 cm³/mol. The Morgan fingerprint density at radius 2 is 1.15 bits per heavy atom. The van der Waals surface area contributed by atoms with E-state index in [0.717, 1.165) is 36.8 Å². The molecule has 0 heterocycles. The zero-order valence-corrected chi connectivity index (χ0v) is 40.8. The third-order valence-electron chi connectivity index (χ3n) is 11.1. The van der Waals surface area contributed by atoms with Gasteiger partial charge in [-0.15, -0.1) is 0 Å². The number of rotatable bonds is 36. The van der Waals surface area contributed by atoms with Gasteiger partial charge in [0.25, 0.3) is 0 Å². The largest absolute Gasteiger partial charge is 0.481 e. The van der Waals surface area contributed by atoms with Crippen LogP contribution in [0, 0.1) is 11.8 Å². The molecule has 10 N–H and O–H groups in total. The molecule has 71 heavy (non-hydrogen) atoms. The van der Waals surface area contributed by atoms with Crippen molar-refractivity contribution < 1.29 is 72.9 Å². The molecule has 2 aromatic carbocycles. The maximum atomic E-state index is 14.1. The predicted octanol–water partition coefficient (Wildman–Crippen LogP) is 2.57. The molecule has 2 aromatic rings. The number of benzene rings is 2. The van der Waals surface area contributed by atoms with Gasteiger partial charge in [-0.25, -0.2) is 9.59 Å². The lowest BCUT2D eigenvalue weighted by atomic mass is 9.89. The first-order chi connectivity index (χ1) is 33.8. The van der Waals surface area contributed by atoms with Crippen molar-refractivity contribution in [1.29, 1.82) is 0 Å². The van der Waals surface area contributed by atoms with E-state index in [1.54, 1.807) is 12.1 Å². The summed E-state index contributed by atoms with van der Waals surface area (Å²) in [4.78, 5) is 141. The number of hydrogen-bond donors (Lipinski definition) is 10. The summed E-state index contributed by atoms with van der Waals surface area (Å²) in [7, 11) is 0. The van der Waals surface area contributed by atoms with Gasteiger partial charge >= 0.3 is 30.1 Å². The molecular weight excluding hydrogens is 945 g/mol. The van der Waals surface area contributed by atoms with Crippen molar-refractivity contribution in [2.45, 2.75) is 134 Å². The summed E-state index contributed by atoms with van der Waals surface area (Å²) >= 11 is 3.97. The first kappa shape index (κ1) is 62.2. The van der Waals surface area contributed by atoms with Gasteiger partial charge < -0.3 is 47.6 Å². The smallest absolute Gasteiger partial charge is 0.373 e. The summed E-state index contributed by atoms with van der Waals surface area (Å²) < 4.78 is 0. The lowest BCUT2D eigenvalue weighted by Gasteiger charge is -2.23. The summed E-state index contributed by atoms with van der Waals surface area (Å²) in [6.07, 6.45) is 4.58. The number of Topliss-reactive ketones (excluding diaryl/α,β-unsaturated/α-hetero) is 3. The second-order valence-corrected chi connectivity index (χ2v) is 17.3. The molecule has 0 saturated heterocycles. The number of carboxylic acids is 3. The number of carbonyl (C=O) groups is 10. The number of carbonyl (C=O) groups excluding carboxylic acids is 9. The van der Waals surface area contributed by atoms with Gasteiger partial charge in [-0.3, -0.25) is 38.4 Å². The normalized spacial score (nSPS) is 13.1. The molecule has 22 heteroatoms. The Balaban J connectivity index is 0.00000818. The van der Waals surface area contributed by atoms with Crippen molar-refractivity contribution in [1.82, 2.24) is 26.6 Å². The highest BCUT2D eigenvalue weighted by atomic mass is 32.1. The van der Waals surface area contributed by atoms with Gasteiger partial charge in [0.15, 0.2) is 11.6 Å². The lowest BCUT2D eigenvalue weighted by Crippen LogP contribution is -2.52. The van der Waals surface area contributed by atoms with E-state index in [2.05, 4.69) is 39.2 Å². The summed E-state index contributed by atoms with van der Waals surface area (Å²) in [5.74, 6) is -8.10. The van der Waals surface area contributed by atoms with E-state index in [-0.39, 0.29) is 107 Å². The molecule has 390 valence electrons. The van der Waals surface area contributed by atoms with Crippen molar-refractivity contribution in [3.63, 3.8) is 0 Å². The van der Waals surface area contributed by atoms with Crippen molar-refractivity contribution in [3.05, 3.63) is 71.8 Å². The molecule has 0 aromatic heterocycles. The van der Waals surface area contributed by atoms with Crippen LogP contribution in [0.1, 0.15) is 108 Å². The van der Waals surface area contributed by atoms with Crippen LogP contribution in [-0.2, 0) is 65.6 Å². The molecule has 1 unspecified atom stereocenters. The van der Waals surface area contributed by atoms with E-state index < -0.39 is 77.5 Å². The minimum atomic E-state index is -1.29. The molecule has 2 rings (SSSR count). The van der Waals surface area contributed by atoms with Gasteiger partial charge in [-0.1, -0.05) is 86.3 Å². The van der Waals surface area contributed by atoms with Crippen LogP contribution in [0.2, 0.25) is 0 Å². The number of nitrogens with one attached hydrogen (secondary N) is 5. The molecule has 21 nitrogen and oxygen atoms in total. The topological polar surface area (TPSA) is 352 Å². The van der Waals surface area contributed by atoms with Crippen molar-refractivity contribution in [3.8, 4) is 0 Å². The van der Waals surface area contributed by atoms with Gasteiger partial charge in [-0.2, -0.15) is 22.2 Å². The number of thiol groups is 1. The number of carboxylic acid groups (broad SMARTS) is 3. The Kier molecular flexibility index (Phi) is 31.7. The standard InChI is InChI=1S/C48H68N6O13S.CO2/c1-31(40(56)28-35(30-68)46(63)64)52-45(62)37(49)29-51-44(61)34(25-32-15-8-6-9-16-32)27-41(57)39(26-33-17-10-7-11-18-33)53-42(58)20-13-5-3-2-4-12-19-36(55)22-23-38(47(65)66)54-48(67)50-24-14-21-43(59)60;2-1-3/h6-11,15-18,31,34-35,37-39,68H,2-5,12-14,19-30,49H2,1H3,(H,51,61)(H,52,62)(H,53,58)(H,59,60)(H,63,64)(H,65,66)(H2,50,54,67);/t31?,34-,35+,37+,38+,39+;/m1./s1. The molecule has 0 fully saturated rings. The molecular formula is C49H68N6O15S. The number of amides is 5. The minimum Gasteiger partial charge on any atom is -0.481 e. The van der Waals surface area contributed by atoms with Crippen molar-refractivity contribution >= 4 is 77.8 Å². The fraction of sp³-hybridized carbons (Fsp3) is 0.531. The second kappa shape index (κ2) is 36.2.